The standard InChI is InChI=1S/C19H22N6O2S/c1-23(14-16-7-2-3-10-19(16)24-11-4-5-12-24)28(26,27)18-9-6-8-17(13-18)25-15-20-21-22-25/h2-3,6-10,13,15H,4-5,11-12,14H2,1H3. The van der Waals surface area contributed by atoms with E-state index in [0.29, 0.717) is 12.2 Å². The van der Waals surface area contributed by atoms with Crippen LogP contribution >= 0.6 is 0 Å². The van der Waals surface area contributed by atoms with Crippen LogP contribution in [0.25, 0.3) is 5.69 Å². The van der Waals surface area contributed by atoms with Crippen LogP contribution < -0.4 is 4.90 Å². The summed E-state index contributed by atoms with van der Waals surface area (Å²) in [6.45, 7) is 2.34. The monoisotopic (exact) mass is 398 g/mol. The normalized spacial score (nSPS) is 14.7. The van der Waals surface area contributed by atoms with Gasteiger partial charge >= 0.3 is 0 Å². The molecule has 9 heteroatoms. The molecule has 0 amide bonds. The number of rotatable bonds is 6. The molecular weight excluding hydrogens is 376 g/mol. The molecule has 1 saturated heterocycles. The summed E-state index contributed by atoms with van der Waals surface area (Å²) in [7, 11) is -2.05. The molecule has 2 aromatic carbocycles. The van der Waals surface area contributed by atoms with Crippen molar-refractivity contribution >= 4 is 15.7 Å². The molecule has 0 N–H and O–H groups in total. The van der Waals surface area contributed by atoms with Gasteiger partial charge in [-0.2, -0.15) is 4.31 Å². The topological polar surface area (TPSA) is 84.2 Å². The van der Waals surface area contributed by atoms with E-state index in [2.05, 4.69) is 26.5 Å². The van der Waals surface area contributed by atoms with Gasteiger partial charge in [-0.1, -0.05) is 24.3 Å². The minimum absolute atomic E-state index is 0.210. The van der Waals surface area contributed by atoms with Crippen molar-refractivity contribution in [1.29, 1.82) is 0 Å². The Kier molecular flexibility index (Phi) is 5.10. The van der Waals surface area contributed by atoms with Gasteiger partial charge in [0.15, 0.2) is 0 Å². The van der Waals surface area contributed by atoms with Gasteiger partial charge in [0.2, 0.25) is 10.0 Å². The number of benzene rings is 2. The number of tetrazole rings is 1. The number of anilines is 1. The van der Waals surface area contributed by atoms with Crippen LogP contribution in [0.4, 0.5) is 5.69 Å². The highest BCUT2D eigenvalue weighted by Gasteiger charge is 2.24. The summed E-state index contributed by atoms with van der Waals surface area (Å²) < 4.78 is 29.1. The summed E-state index contributed by atoms with van der Waals surface area (Å²) in [6.07, 6.45) is 3.78. The quantitative estimate of drug-likeness (QED) is 0.632. The lowest BCUT2D eigenvalue weighted by Crippen LogP contribution is -2.28. The van der Waals surface area contributed by atoms with E-state index in [0.717, 1.165) is 24.3 Å². The van der Waals surface area contributed by atoms with E-state index in [1.165, 1.54) is 28.2 Å². The van der Waals surface area contributed by atoms with Crippen molar-refractivity contribution in [3.05, 3.63) is 60.4 Å². The second kappa shape index (κ2) is 7.69. The predicted octanol–water partition coefficient (Wildman–Crippen LogP) is 2.08. The number of para-hydroxylation sites is 1. The molecule has 0 aliphatic carbocycles. The summed E-state index contributed by atoms with van der Waals surface area (Å²) in [5, 5.41) is 11.0. The van der Waals surface area contributed by atoms with Crippen LogP contribution in [0.3, 0.4) is 0 Å². The smallest absolute Gasteiger partial charge is 0.243 e. The molecule has 0 radical (unpaired) electrons. The van der Waals surface area contributed by atoms with E-state index in [-0.39, 0.29) is 4.90 Å². The van der Waals surface area contributed by atoms with E-state index in [1.54, 1.807) is 31.3 Å². The van der Waals surface area contributed by atoms with Crippen molar-refractivity contribution in [3.8, 4) is 5.69 Å². The lowest BCUT2D eigenvalue weighted by molar-refractivity contribution is 0.466. The highest BCUT2D eigenvalue weighted by molar-refractivity contribution is 7.89. The predicted molar refractivity (Wildman–Crippen MR) is 106 cm³/mol. The maximum absolute atomic E-state index is 13.1. The largest absolute Gasteiger partial charge is 0.371 e. The third-order valence-electron chi connectivity index (χ3n) is 4.97. The van der Waals surface area contributed by atoms with Crippen LogP contribution in [0.5, 0.6) is 0 Å². The van der Waals surface area contributed by atoms with Gasteiger partial charge in [-0.15, -0.1) is 5.10 Å². The van der Waals surface area contributed by atoms with Gasteiger partial charge in [0.1, 0.15) is 6.33 Å². The number of hydrogen-bond acceptors (Lipinski definition) is 6. The average Bonchev–Trinajstić information content (AvgIpc) is 3.42. The van der Waals surface area contributed by atoms with E-state index >= 15 is 0 Å². The number of sulfonamides is 1. The van der Waals surface area contributed by atoms with Gasteiger partial charge in [-0.05, 0) is 53.1 Å². The third-order valence-corrected chi connectivity index (χ3v) is 6.77. The summed E-state index contributed by atoms with van der Waals surface area (Å²) in [5.74, 6) is 0. The first-order valence-corrected chi connectivity index (χ1v) is 10.6. The van der Waals surface area contributed by atoms with Crippen molar-refractivity contribution in [2.45, 2.75) is 24.3 Å². The highest BCUT2D eigenvalue weighted by atomic mass is 32.2. The van der Waals surface area contributed by atoms with Crippen LogP contribution in [0.15, 0.2) is 59.8 Å². The molecule has 8 nitrogen and oxygen atoms in total. The number of nitrogens with zero attached hydrogens (tertiary/aromatic N) is 6. The second-order valence-corrected chi connectivity index (χ2v) is 8.88. The van der Waals surface area contributed by atoms with Crippen molar-refractivity contribution < 1.29 is 8.42 Å². The second-order valence-electron chi connectivity index (χ2n) is 6.84. The summed E-state index contributed by atoms with van der Waals surface area (Å²) in [5.41, 5.74) is 2.72. The average molecular weight is 398 g/mol. The van der Waals surface area contributed by atoms with Crippen LogP contribution in [0.1, 0.15) is 18.4 Å². The fourth-order valence-corrected chi connectivity index (χ4v) is 4.67. The third kappa shape index (κ3) is 3.63. The fraction of sp³-hybridized carbons (Fsp3) is 0.316. The molecule has 0 saturated carbocycles. The first-order chi connectivity index (χ1) is 13.6. The Morgan fingerprint density at radius 2 is 1.86 bits per heavy atom. The zero-order valence-corrected chi connectivity index (χ0v) is 16.5. The molecule has 1 aliphatic rings. The van der Waals surface area contributed by atoms with Crippen molar-refractivity contribution in [1.82, 2.24) is 24.5 Å². The minimum atomic E-state index is -3.66. The molecule has 1 aliphatic heterocycles. The van der Waals surface area contributed by atoms with E-state index in [1.807, 2.05) is 18.2 Å². The molecule has 1 fully saturated rings. The Balaban J connectivity index is 1.60. The molecule has 0 unspecified atom stereocenters. The van der Waals surface area contributed by atoms with Gasteiger partial charge in [0, 0.05) is 32.4 Å². The Bertz CT molecular complexity index is 1050. The molecule has 28 heavy (non-hydrogen) atoms. The van der Waals surface area contributed by atoms with Crippen LogP contribution in [-0.2, 0) is 16.6 Å². The number of hydrogen-bond donors (Lipinski definition) is 0. The number of aromatic nitrogens is 4. The minimum Gasteiger partial charge on any atom is -0.371 e. The highest BCUT2D eigenvalue weighted by Crippen LogP contribution is 2.27. The van der Waals surface area contributed by atoms with Crippen LogP contribution in [0.2, 0.25) is 0 Å². The Morgan fingerprint density at radius 3 is 2.61 bits per heavy atom. The van der Waals surface area contributed by atoms with E-state index in [9.17, 15) is 8.42 Å². The molecule has 2 heterocycles. The molecule has 1 aromatic heterocycles. The molecule has 0 spiro atoms. The van der Waals surface area contributed by atoms with Gasteiger partial charge in [0.25, 0.3) is 0 Å². The van der Waals surface area contributed by atoms with Crippen molar-refractivity contribution in [2.24, 2.45) is 0 Å². The first kappa shape index (κ1) is 18.6. The zero-order valence-electron chi connectivity index (χ0n) is 15.6. The molecule has 0 atom stereocenters. The van der Waals surface area contributed by atoms with Crippen LogP contribution in [-0.4, -0.2) is 53.1 Å². The Labute approximate surface area is 164 Å². The van der Waals surface area contributed by atoms with Gasteiger partial charge in [-0.25, -0.2) is 13.1 Å². The first-order valence-electron chi connectivity index (χ1n) is 9.18. The lowest BCUT2D eigenvalue weighted by atomic mass is 10.1. The van der Waals surface area contributed by atoms with Gasteiger partial charge in [-0.3, -0.25) is 0 Å². The van der Waals surface area contributed by atoms with E-state index < -0.39 is 10.0 Å². The lowest BCUT2D eigenvalue weighted by Gasteiger charge is -2.24. The molecule has 0 bridgehead atoms. The maximum atomic E-state index is 13.1. The summed E-state index contributed by atoms with van der Waals surface area (Å²) in [6, 6.07) is 14.6. The SMILES string of the molecule is CN(Cc1ccccc1N1CCCC1)S(=O)(=O)c1cccc(-n2cnnn2)c1. The van der Waals surface area contributed by atoms with Gasteiger partial charge in [0.05, 0.1) is 10.6 Å². The Hall–Kier alpha value is -2.78. The molecule has 146 valence electrons. The van der Waals surface area contributed by atoms with Crippen LogP contribution in [0, 0.1) is 0 Å². The molecule has 3 aromatic rings. The molecule has 4 rings (SSSR count). The maximum Gasteiger partial charge on any atom is 0.243 e. The fourth-order valence-electron chi connectivity index (χ4n) is 3.48. The van der Waals surface area contributed by atoms with Crippen molar-refractivity contribution in [2.75, 3.05) is 25.0 Å². The Morgan fingerprint density at radius 1 is 1.07 bits per heavy atom. The van der Waals surface area contributed by atoms with E-state index in [4.69, 9.17) is 0 Å². The summed E-state index contributed by atoms with van der Waals surface area (Å²) in [4.78, 5) is 2.54. The van der Waals surface area contributed by atoms with Gasteiger partial charge < -0.3 is 4.90 Å². The molecular formula is C19H22N6O2S. The zero-order chi connectivity index (χ0) is 19.6. The summed E-state index contributed by atoms with van der Waals surface area (Å²) >= 11 is 0. The van der Waals surface area contributed by atoms with Crippen molar-refractivity contribution in [3.63, 3.8) is 0 Å².